The summed E-state index contributed by atoms with van der Waals surface area (Å²) < 4.78 is 0. The molecule has 1 aromatic carbocycles. The second-order valence-corrected chi connectivity index (χ2v) is 6.34. The van der Waals surface area contributed by atoms with Gasteiger partial charge in [-0.15, -0.1) is 0 Å². The van der Waals surface area contributed by atoms with Crippen molar-refractivity contribution in [1.82, 2.24) is 0 Å². The van der Waals surface area contributed by atoms with Crippen LogP contribution in [0.5, 0.6) is 0 Å². The van der Waals surface area contributed by atoms with E-state index in [9.17, 15) is 0 Å². The van der Waals surface area contributed by atoms with Crippen molar-refractivity contribution in [3.63, 3.8) is 0 Å². The van der Waals surface area contributed by atoms with E-state index in [1.54, 1.807) is 0 Å². The number of hydrogen-bond donors (Lipinski definition) is 1. The summed E-state index contributed by atoms with van der Waals surface area (Å²) >= 11 is 6.18. The van der Waals surface area contributed by atoms with Gasteiger partial charge in [-0.25, -0.2) is 0 Å². The molecule has 0 saturated carbocycles. The third-order valence-electron chi connectivity index (χ3n) is 4.24. The van der Waals surface area contributed by atoms with E-state index in [2.05, 4.69) is 24.0 Å². The Hall–Kier alpha value is -0.730. The molecule has 2 N–H and O–H groups in total. The standard InChI is InChI=1S/C17H27ClN2/c1-2-16(19)13-14-12-15(18)8-9-17(14)20-10-6-4-3-5-7-11-20/h8-9,12,16H,2-7,10-11,13,19H2,1H3. The summed E-state index contributed by atoms with van der Waals surface area (Å²) in [6.45, 7) is 4.47. The summed E-state index contributed by atoms with van der Waals surface area (Å²) in [5, 5.41) is 0.819. The molecular weight excluding hydrogens is 268 g/mol. The van der Waals surface area contributed by atoms with Gasteiger partial charge in [0.05, 0.1) is 0 Å². The molecule has 1 unspecified atom stereocenters. The molecule has 1 aliphatic rings. The molecule has 2 rings (SSSR count). The molecule has 1 saturated heterocycles. The van der Waals surface area contributed by atoms with Gasteiger partial charge in [-0.1, -0.05) is 37.8 Å². The lowest BCUT2D eigenvalue weighted by Gasteiger charge is -2.29. The minimum atomic E-state index is 0.224. The molecule has 112 valence electrons. The second-order valence-electron chi connectivity index (χ2n) is 5.90. The molecule has 0 amide bonds. The third-order valence-corrected chi connectivity index (χ3v) is 4.48. The van der Waals surface area contributed by atoms with E-state index in [-0.39, 0.29) is 6.04 Å². The van der Waals surface area contributed by atoms with Crippen LogP contribution < -0.4 is 10.6 Å². The number of rotatable bonds is 4. The van der Waals surface area contributed by atoms with E-state index in [0.717, 1.165) is 31.0 Å². The highest BCUT2D eigenvalue weighted by atomic mass is 35.5. The van der Waals surface area contributed by atoms with Gasteiger partial charge in [0.15, 0.2) is 0 Å². The van der Waals surface area contributed by atoms with Crippen molar-refractivity contribution in [3.8, 4) is 0 Å². The van der Waals surface area contributed by atoms with Crippen molar-refractivity contribution in [1.29, 1.82) is 0 Å². The topological polar surface area (TPSA) is 29.3 Å². The lowest BCUT2D eigenvalue weighted by Crippen LogP contribution is -2.29. The molecule has 1 fully saturated rings. The van der Waals surface area contributed by atoms with Crippen LogP contribution in [-0.4, -0.2) is 19.1 Å². The smallest absolute Gasteiger partial charge is 0.0410 e. The van der Waals surface area contributed by atoms with Crippen LogP contribution in [0, 0.1) is 0 Å². The van der Waals surface area contributed by atoms with Gasteiger partial charge in [0.2, 0.25) is 0 Å². The Morgan fingerprint density at radius 2 is 1.80 bits per heavy atom. The van der Waals surface area contributed by atoms with Crippen molar-refractivity contribution < 1.29 is 0 Å². The highest BCUT2D eigenvalue weighted by Crippen LogP contribution is 2.27. The minimum absolute atomic E-state index is 0.224. The molecule has 0 bridgehead atoms. The van der Waals surface area contributed by atoms with Gasteiger partial charge < -0.3 is 10.6 Å². The molecule has 1 aromatic rings. The van der Waals surface area contributed by atoms with Gasteiger partial charge in [0.25, 0.3) is 0 Å². The maximum atomic E-state index is 6.18. The van der Waals surface area contributed by atoms with Crippen LogP contribution in [0.25, 0.3) is 0 Å². The zero-order valence-electron chi connectivity index (χ0n) is 12.6. The Morgan fingerprint density at radius 1 is 1.15 bits per heavy atom. The van der Waals surface area contributed by atoms with Crippen molar-refractivity contribution in [2.24, 2.45) is 5.73 Å². The van der Waals surface area contributed by atoms with Crippen LogP contribution in [0.15, 0.2) is 18.2 Å². The first-order chi connectivity index (χ1) is 9.70. The fourth-order valence-corrected chi connectivity index (χ4v) is 3.14. The number of nitrogens with two attached hydrogens (primary N) is 1. The fraction of sp³-hybridized carbons (Fsp3) is 0.647. The third kappa shape index (κ3) is 4.39. The largest absolute Gasteiger partial charge is 0.371 e. The maximum absolute atomic E-state index is 6.18. The minimum Gasteiger partial charge on any atom is -0.371 e. The number of benzene rings is 1. The zero-order valence-corrected chi connectivity index (χ0v) is 13.3. The maximum Gasteiger partial charge on any atom is 0.0410 e. The van der Waals surface area contributed by atoms with E-state index in [4.69, 9.17) is 17.3 Å². The molecule has 3 heteroatoms. The van der Waals surface area contributed by atoms with Gasteiger partial charge >= 0.3 is 0 Å². The van der Waals surface area contributed by atoms with Crippen molar-refractivity contribution in [3.05, 3.63) is 28.8 Å². The van der Waals surface area contributed by atoms with E-state index < -0.39 is 0 Å². The van der Waals surface area contributed by atoms with Gasteiger partial charge in [0.1, 0.15) is 0 Å². The number of anilines is 1. The molecule has 1 heterocycles. The summed E-state index contributed by atoms with van der Waals surface area (Å²) in [6.07, 6.45) is 8.61. The summed E-state index contributed by atoms with van der Waals surface area (Å²) in [4.78, 5) is 2.53. The van der Waals surface area contributed by atoms with Crippen LogP contribution in [0.3, 0.4) is 0 Å². The molecule has 1 aliphatic heterocycles. The van der Waals surface area contributed by atoms with Crippen molar-refractivity contribution >= 4 is 17.3 Å². The molecule has 0 radical (unpaired) electrons. The van der Waals surface area contributed by atoms with Crippen LogP contribution in [-0.2, 0) is 6.42 Å². The Morgan fingerprint density at radius 3 is 2.45 bits per heavy atom. The first-order valence-corrected chi connectivity index (χ1v) is 8.37. The highest BCUT2D eigenvalue weighted by Gasteiger charge is 2.14. The molecular formula is C17H27ClN2. The van der Waals surface area contributed by atoms with Crippen LogP contribution in [0.4, 0.5) is 5.69 Å². The molecule has 20 heavy (non-hydrogen) atoms. The summed E-state index contributed by atoms with van der Waals surface area (Å²) in [5.74, 6) is 0. The average Bonchev–Trinajstić information content (AvgIpc) is 2.39. The van der Waals surface area contributed by atoms with Gasteiger partial charge in [0, 0.05) is 29.8 Å². The lowest BCUT2D eigenvalue weighted by atomic mass is 10.0. The number of hydrogen-bond acceptors (Lipinski definition) is 2. The zero-order chi connectivity index (χ0) is 14.4. The Bertz CT molecular complexity index is 411. The van der Waals surface area contributed by atoms with E-state index in [1.165, 1.54) is 43.4 Å². The second kappa shape index (κ2) is 7.90. The summed E-state index contributed by atoms with van der Waals surface area (Å²) in [5.41, 5.74) is 8.81. The average molecular weight is 295 g/mol. The quantitative estimate of drug-likeness (QED) is 0.892. The SMILES string of the molecule is CCC(N)Cc1cc(Cl)ccc1N1CCCCCCC1. The van der Waals surface area contributed by atoms with E-state index in [1.807, 2.05) is 6.07 Å². The van der Waals surface area contributed by atoms with Crippen molar-refractivity contribution in [2.75, 3.05) is 18.0 Å². The van der Waals surface area contributed by atoms with Crippen LogP contribution in [0.2, 0.25) is 5.02 Å². The van der Waals surface area contributed by atoms with Crippen molar-refractivity contribution in [2.45, 2.75) is 57.9 Å². The number of nitrogens with zero attached hydrogens (tertiary/aromatic N) is 1. The van der Waals surface area contributed by atoms with Crippen LogP contribution in [0.1, 0.15) is 51.0 Å². The van der Waals surface area contributed by atoms with E-state index in [0.29, 0.717) is 0 Å². The Kier molecular flexibility index (Phi) is 6.18. The molecule has 0 aromatic heterocycles. The lowest BCUT2D eigenvalue weighted by molar-refractivity contribution is 0.554. The number of halogens is 1. The van der Waals surface area contributed by atoms with Gasteiger partial charge in [-0.05, 0) is 49.4 Å². The molecule has 0 spiro atoms. The van der Waals surface area contributed by atoms with Gasteiger partial charge in [-0.3, -0.25) is 0 Å². The highest BCUT2D eigenvalue weighted by molar-refractivity contribution is 6.30. The van der Waals surface area contributed by atoms with E-state index >= 15 is 0 Å². The Labute approximate surface area is 128 Å². The molecule has 2 nitrogen and oxygen atoms in total. The Balaban J connectivity index is 2.19. The summed E-state index contributed by atoms with van der Waals surface area (Å²) in [6, 6.07) is 6.52. The monoisotopic (exact) mass is 294 g/mol. The summed E-state index contributed by atoms with van der Waals surface area (Å²) in [7, 11) is 0. The first kappa shape index (κ1) is 15.7. The van der Waals surface area contributed by atoms with Gasteiger partial charge in [-0.2, -0.15) is 0 Å². The molecule has 1 atom stereocenters. The van der Waals surface area contributed by atoms with Crippen LogP contribution >= 0.6 is 11.6 Å². The normalized spacial score (nSPS) is 18.4. The predicted molar refractivity (Wildman–Crippen MR) is 88.7 cm³/mol. The predicted octanol–water partition coefficient (Wildman–Crippen LogP) is 4.39. The molecule has 0 aliphatic carbocycles. The first-order valence-electron chi connectivity index (χ1n) is 7.99. The fourth-order valence-electron chi connectivity index (χ4n) is 2.94.